The van der Waals surface area contributed by atoms with Crippen LogP contribution in [0.15, 0.2) is 11.6 Å². The Balaban J connectivity index is 1.68. The minimum atomic E-state index is -1.54. The predicted molar refractivity (Wildman–Crippen MR) is 131 cm³/mol. The first-order chi connectivity index (χ1) is 15.9. The van der Waals surface area contributed by atoms with Crippen LogP contribution in [0.3, 0.4) is 0 Å². The molecule has 4 aliphatic carbocycles. The number of rotatable bonds is 5. The third kappa shape index (κ3) is 3.79. The molecule has 0 heterocycles. The van der Waals surface area contributed by atoms with Gasteiger partial charge in [0.25, 0.3) is 0 Å². The van der Waals surface area contributed by atoms with Gasteiger partial charge in [-0.1, -0.05) is 27.7 Å². The fraction of sp³-hybridized carbons (Fsp3) is 0.893. The fourth-order valence-electron chi connectivity index (χ4n) is 8.37. The van der Waals surface area contributed by atoms with Crippen LogP contribution < -0.4 is 0 Å². The first-order valence-electron chi connectivity index (χ1n) is 13.4. The normalized spacial score (nSPS) is 47.7. The summed E-state index contributed by atoms with van der Waals surface area (Å²) >= 11 is 0. The zero-order valence-electron chi connectivity index (χ0n) is 22.2. The topological polar surface area (TPSA) is 138 Å². The molecule has 7 nitrogen and oxygen atoms in total. The summed E-state index contributed by atoms with van der Waals surface area (Å²) in [5.74, 6) is -1.12. The molecule has 6 N–H and O–H groups in total. The molecule has 35 heavy (non-hydrogen) atoms. The second-order valence-electron chi connectivity index (χ2n) is 13.6. The SMILES string of the molecule is CC(C)[C@](C)(O)C[C@@H](O)[C@](C)(O)[C@@H]1CC[C@@]2(O)C3=CC(=O)[C@@H]4C[C@@H](O)[C@@H](O)C[C@]4(C)[C@@H]3CC[C@]12C. The van der Waals surface area contributed by atoms with Crippen molar-refractivity contribution in [2.45, 2.75) is 122 Å². The lowest BCUT2D eigenvalue weighted by atomic mass is 9.45. The number of ketones is 1. The van der Waals surface area contributed by atoms with E-state index in [0.717, 1.165) is 0 Å². The molecule has 0 unspecified atom stereocenters. The minimum absolute atomic E-state index is 0.0203. The number of aliphatic hydroxyl groups excluding tert-OH is 3. The Morgan fingerprint density at radius 1 is 1.06 bits per heavy atom. The van der Waals surface area contributed by atoms with Gasteiger partial charge in [-0.05, 0) is 87.2 Å². The molecule has 200 valence electrons. The molecule has 0 aromatic heterocycles. The Hall–Kier alpha value is -0.830. The molecule has 4 rings (SSSR count). The van der Waals surface area contributed by atoms with E-state index in [9.17, 15) is 35.4 Å². The van der Waals surface area contributed by atoms with E-state index in [1.165, 1.54) is 0 Å². The molecule has 0 saturated heterocycles. The summed E-state index contributed by atoms with van der Waals surface area (Å²) < 4.78 is 0. The first-order valence-corrected chi connectivity index (χ1v) is 13.4. The van der Waals surface area contributed by atoms with Crippen molar-refractivity contribution in [1.29, 1.82) is 0 Å². The highest BCUT2D eigenvalue weighted by Gasteiger charge is 2.69. The Morgan fingerprint density at radius 2 is 1.69 bits per heavy atom. The number of fused-ring (bicyclic) bond motifs is 5. The molecule has 11 atom stereocenters. The zero-order valence-corrected chi connectivity index (χ0v) is 22.2. The first kappa shape index (κ1) is 27.2. The summed E-state index contributed by atoms with van der Waals surface area (Å²) in [6, 6.07) is 0. The third-order valence-corrected chi connectivity index (χ3v) is 11.3. The van der Waals surface area contributed by atoms with E-state index < -0.39 is 51.9 Å². The van der Waals surface area contributed by atoms with Crippen molar-refractivity contribution in [1.82, 2.24) is 0 Å². The lowest BCUT2D eigenvalue weighted by molar-refractivity contribution is -0.184. The van der Waals surface area contributed by atoms with Gasteiger partial charge in [0.1, 0.15) is 0 Å². The van der Waals surface area contributed by atoms with Crippen molar-refractivity contribution >= 4 is 5.78 Å². The molecule has 0 amide bonds. The van der Waals surface area contributed by atoms with Crippen LogP contribution in [0.25, 0.3) is 0 Å². The van der Waals surface area contributed by atoms with Crippen molar-refractivity contribution in [3.05, 3.63) is 11.6 Å². The van der Waals surface area contributed by atoms with Gasteiger partial charge < -0.3 is 30.6 Å². The number of carbonyl (C=O) groups is 1. The van der Waals surface area contributed by atoms with Crippen LogP contribution in [0.5, 0.6) is 0 Å². The van der Waals surface area contributed by atoms with E-state index in [1.807, 2.05) is 27.7 Å². The molecule has 0 spiro atoms. The number of hydrogen-bond donors (Lipinski definition) is 6. The lowest BCUT2D eigenvalue weighted by Gasteiger charge is -2.60. The van der Waals surface area contributed by atoms with E-state index in [2.05, 4.69) is 0 Å². The summed E-state index contributed by atoms with van der Waals surface area (Å²) in [5, 5.41) is 66.6. The fourth-order valence-corrected chi connectivity index (χ4v) is 8.37. The molecule has 3 fully saturated rings. The van der Waals surface area contributed by atoms with E-state index >= 15 is 0 Å². The predicted octanol–water partition coefficient (Wildman–Crippen LogP) is 2.10. The molecule has 7 heteroatoms. The van der Waals surface area contributed by atoms with Crippen molar-refractivity contribution < 1.29 is 35.4 Å². The molecule has 0 aromatic rings. The Bertz CT molecular complexity index is 894. The van der Waals surface area contributed by atoms with Crippen LogP contribution >= 0.6 is 0 Å². The standard InChI is InChI=1S/C28H46O7/c1-15(2)26(5,33)14-23(32)27(6,34)22-8-10-28(35)17-11-19(29)18-12-20(30)21(31)13-24(18,3)16(17)7-9-25(22,28)4/h11,15-16,18,20-23,30-35H,7-10,12-14H2,1-6H3/t16-,18+,20-,21+,22-,23-,24-,25-,26-,27-,28-/m1/s1. The zero-order chi connectivity index (χ0) is 26.4. The molecule has 3 saturated carbocycles. The summed E-state index contributed by atoms with van der Waals surface area (Å²) in [5.41, 5.74) is -4.62. The summed E-state index contributed by atoms with van der Waals surface area (Å²) in [4.78, 5) is 13.3. The van der Waals surface area contributed by atoms with E-state index in [4.69, 9.17) is 0 Å². The smallest absolute Gasteiger partial charge is 0.159 e. The second kappa shape index (κ2) is 8.34. The average molecular weight is 495 g/mol. The molecule has 4 aliphatic rings. The van der Waals surface area contributed by atoms with Gasteiger partial charge >= 0.3 is 0 Å². The molecular weight excluding hydrogens is 448 g/mol. The van der Waals surface area contributed by atoms with Gasteiger partial charge in [0.05, 0.1) is 35.1 Å². The van der Waals surface area contributed by atoms with Crippen LogP contribution in [0.4, 0.5) is 0 Å². The average Bonchev–Trinajstić information content (AvgIpc) is 3.02. The Kier molecular flexibility index (Phi) is 6.48. The van der Waals surface area contributed by atoms with E-state index in [0.29, 0.717) is 37.7 Å². The Labute approximate surface area is 209 Å². The number of allylic oxidation sites excluding steroid dienone is 1. The van der Waals surface area contributed by atoms with Crippen molar-refractivity contribution in [3.63, 3.8) is 0 Å². The maximum atomic E-state index is 13.3. The highest BCUT2D eigenvalue weighted by Crippen LogP contribution is 2.68. The largest absolute Gasteiger partial charge is 0.390 e. The molecular formula is C28H46O7. The van der Waals surface area contributed by atoms with Gasteiger partial charge in [0, 0.05) is 17.8 Å². The van der Waals surface area contributed by atoms with Crippen LogP contribution in [-0.4, -0.2) is 71.5 Å². The van der Waals surface area contributed by atoms with Crippen molar-refractivity contribution in [2.24, 2.45) is 34.5 Å². The summed E-state index contributed by atoms with van der Waals surface area (Å²) in [7, 11) is 0. The van der Waals surface area contributed by atoms with Gasteiger partial charge in [-0.3, -0.25) is 4.79 Å². The van der Waals surface area contributed by atoms with Crippen LogP contribution in [-0.2, 0) is 4.79 Å². The highest BCUT2D eigenvalue weighted by atomic mass is 16.3. The molecule has 0 aliphatic heterocycles. The van der Waals surface area contributed by atoms with Crippen molar-refractivity contribution in [3.8, 4) is 0 Å². The molecule has 0 aromatic carbocycles. The highest BCUT2D eigenvalue weighted by molar-refractivity contribution is 5.95. The van der Waals surface area contributed by atoms with Crippen LogP contribution in [0, 0.1) is 34.5 Å². The number of hydrogen-bond acceptors (Lipinski definition) is 7. The van der Waals surface area contributed by atoms with Crippen LogP contribution in [0.1, 0.15) is 86.5 Å². The van der Waals surface area contributed by atoms with E-state index in [-0.39, 0.29) is 36.4 Å². The van der Waals surface area contributed by atoms with Crippen LogP contribution in [0.2, 0.25) is 0 Å². The van der Waals surface area contributed by atoms with Crippen molar-refractivity contribution in [2.75, 3.05) is 0 Å². The minimum Gasteiger partial charge on any atom is -0.390 e. The monoisotopic (exact) mass is 494 g/mol. The second-order valence-corrected chi connectivity index (χ2v) is 13.6. The van der Waals surface area contributed by atoms with Gasteiger partial charge in [-0.2, -0.15) is 0 Å². The maximum absolute atomic E-state index is 13.3. The number of carbonyl (C=O) groups excluding carboxylic acids is 1. The van der Waals surface area contributed by atoms with Gasteiger partial charge in [-0.25, -0.2) is 0 Å². The Morgan fingerprint density at radius 3 is 2.29 bits per heavy atom. The van der Waals surface area contributed by atoms with Gasteiger partial charge in [0.2, 0.25) is 0 Å². The van der Waals surface area contributed by atoms with Gasteiger partial charge in [0.15, 0.2) is 5.78 Å². The third-order valence-electron chi connectivity index (χ3n) is 11.3. The summed E-state index contributed by atoms with van der Waals surface area (Å²) in [6.45, 7) is 11.0. The molecule has 0 bridgehead atoms. The molecule has 0 radical (unpaired) electrons. The maximum Gasteiger partial charge on any atom is 0.159 e. The van der Waals surface area contributed by atoms with E-state index in [1.54, 1.807) is 19.9 Å². The quantitative estimate of drug-likeness (QED) is 0.344. The number of aliphatic hydroxyl groups is 6. The lowest BCUT2D eigenvalue weighted by Crippen LogP contribution is -2.63. The van der Waals surface area contributed by atoms with Gasteiger partial charge in [-0.15, -0.1) is 0 Å². The summed E-state index contributed by atoms with van der Waals surface area (Å²) in [6.07, 6.45) is 1.32.